The molecule has 2 aromatic rings. The first-order valence-corrected chi connectivity index (χ1v) is 7.13. The van der Waals surface area contributed by atoms with Crippen molar-refractivity contribution in [1.82, 2.24) is 5.32 Å². The lowest BCUT2D eigenvalue weighted by molar-refractivity contribution is -0.139. The number of nitrogens with one attached hydrogen (secondary N) is 1. The summed E-state index contributed by atoms with van der Waals surface area (Å²) < 4.78 is 0. The van der Waals surface area contributed by atoms with Crippen LogP contribution in [0.15, 0.2) is 35.0 Å². The standard InChI is InChI=1S/C14H12ClNO3S/c1-8-6-20-7-10(8)13(17)16-12(14(18)19)9-4-2-3-5-11(9)15/h2-7,12H,1H3,(H,16,17)(H,18,19)/t12-/m1/s1. The summed E-state index contributed by atoms with van der Waals surface area (Å²) in [6.45, 7) is 1.80. The van der Waals surface area contributed by atoms with E-state index in [4.69, 9.17) is 11.6 Å². The van der Waals surface area contributed by atoms with Gasteiger partial charge in [0.05, 0.1) is 5.56 Å². The number of hydrogen-bond donors (Lipinski definition) is 2. The second-order valence-corrected chi connectivity index (χ2v) is 5.39. The largest absolute Gasteiger partial charge is 0.479 e. The zero-order chi connectivity index (χ0) is 14.7. The Morgan fingerprint density at radius 1 is 1.30 bits per heavy atom. The fourth-order valence-corrected chi connectivity index (χ4v) is 2.86. The molecule has 0 aliphatic heterocycles. The van der Waals surface area contributed by atoms with Gasteiger partial charge in [0.2, 0.25) is 0 Å². The van der Waals surface area contributed by atoms with Gasteiger partial charge in [-0.05, 0) is 23.9 Å². The molecular weight excluding hydrogens is 298 g/mol. The molecule has 0 unspecified atom stereocenters. The minimum absolute atomic E-state index is 0.308. The van der Waals surface area contributed by atoms with E-state index in [-0.39, 0.29) is 0 Å². The number of aliphatic carboxylic acids is 1. The van der Waals surface area contributed by atoms with E-state index < -0.39 is 17.9 Å². The van der Waals surface area contributed by atoms with Gasteiger partial charge in [0.25, 0.3) is 5.91 Å². The summed E-state index contributed by atoms with van der Waals surface area (Å²) in [5.74, 6) is -1.57. The molecule has 0 radical (unpaired) electrons. The van der Waals surface area contributed by atoms with Gasteiger partial charge in [-0.3, -0.25) is 4.79 Å². The highest BCUT2D eigenvalue weighted by Crippen LogP contribution is 2.24. The number of benzene rings is 1. The van der Waals surface area contributed by atoms with Gasteiger partial charge in [0.1, 0.15) is 0 Å². The van der Waals surface area contributed by atoms with E-state index in [1.807, 2.05) is 5.38 Å². The first-order valence-electron chi connectivity index (χ1n) is 5.81. The third kappa shape index (κ3) is 3.00. The first-order chi connectivity index (χ1) is 9.50. The summed E-state index contributed by atoms with van der Waals surface area (Å²) in [6.07, 6.45) is 0. The molecule has 104 valence electrons. The van der Waals surface area contributed by atoms with E-state index in [1.54, 1.807) is 36.6 Å². The van der Waals surface area contributed by atoms with Gasteiger partial charge in [-0.2, -0.15) is 11.3 Å². The zero-order valence-electron chi connectivity index (χ0n) is 10.6. The molecule has 4 nitrogen and oxygen atoms in total. The highest BCUT2D eigenvalue weighted by Gasteiger charge is 2.25. The average Bonchev–Trinajstić information content (AvgIpc) is 2.83. The van der Waals surface area contributed by atoms with Crippen LogP contribution in [-0.4, -0.2) is 17.0 Å². The number of carbonyl (C=O) groups excluding carboxylic acids is 1. The van der Waals surface area contributed by atoms with Crippen LogP contribution in [0.5, 0.6) is 0 Å². The summed E-state index contributed by atoms with van der Waals surface area (Å²) >= 11 is 7.38. The van der Waals surface area contributed by atoms with Crippen molar-refractivity contribution in [2.75, 3.05) is 0 Å². The van der Waals surface area contributed by atoms with Crippen molar-refractivity contribution in [2.24, 2.45) is 0 Å². The second-order valence-electron chi connectivity index (χ2n) is 4.23. The van der Waals surface area contributed by atoms with E-state index >= 15 is 0 Å². The van der Waals surface area contributed by atoms with Crippen molar-refractivity contribution in [1.29, 1.82) is 0 Å². The predicted molar refractivity (Wildman–Crippen MR) is 78.4 cm³/mol. The molecule has 2 N–H and O–H groups in total. The maximum atomic E-state index is 12.1. The molecule has 0 fully saturated rings. The third-order valence-electron chi connectivity index (χ3n) is 2.84. The number of carboxylic acids is 1. The Balaban J connectivity index is 2.28. The number of amides is 1. The topological polar surface area (TPSA) is 66.4 Å². The summed E-state index contributed by atoms with van der Waals surface area (Å²) in [5, 5.41) is 15.6. The van der Waals surface area contributed by atoms with Gasteiger partial charge in [0, 0.05) is 16.0 Å². The summed E-state index contributed by atoms with van der Waals surface area (Å²) in [6, 6.07) is 5.39. The molecule has 0 aliphatic carbocycles. The highest BCUT2D eigenvalue weighted by molar-refractivity contribution is 7.08. The van der Waals surface area contributed by atoms with Crippen molar-refractivity contribution in [3.05, 3.63) is 56.7 Å². The molecule has 6 heteroatoms. The fraction of sp³-hybridized carbons (Fsp3) is 0.143. The molecule has 20 heavy (non-hydrogen) atoms. The molecule has 1 heterocycles. The van der Waals surface area contributed by atoms with Crippen molar-refractivity contribution in [3.8, 4) is 0 Å². The Morgan fingerprint density at radius 2 is 2.00 bits per heavy atom. The van der Waals surface area contributed by atoms with Crippen LogP contribution in [0, 0.1) is 6.92 Å². The molecule has 0 spiro atoms. The Hall–Kier alpha value is -1.85. The van der Waals surface area contributed by atoms with E-state index in [9.17, 15) is 14.7 Å². The van der Waals surface area contributed by atoms with Crippen LogP contribution in [0.2, 0.25) is 5.02 Å². The van der Waals surface area contributed by atoms with E-state index in [1.165, 1.54) is 11.3 Å². The lowest BCUT2D eigenvalue weighted by atomic mass is 10.1. The van der Waals surface area contributed by atoms with Crippen LogP contribution in [0.25, 0.3) is 0 Å². The lowest BCUT2D eigenvalue weighted by Gasteiger charge is -2.16. The Kier molecular flexibility index (Phi) is 4.42. The molecular formula is C14H12ClNO3S. The molecule has 0 aliphatic rings. The Bertz CT molecular complexity index is 653. The molecule has 0 saturated heterocycles. The van der Waals surface area contributed by atoms with Crippen molar-refractivity contribution in [2.45, 2.75) is 13.0 Å². The van der Waals surface area contributed by atoms with Gasteiger partial charge < -0.3 is 10.4 Å². The van der Waals surface area contributed by atoms with Gasteiger partial charge in [-0.15, -0.1) is 0 Å². The minimum Gasteiger partial charge on any atom is -0.479 e. The first kappa shape index (κ1) is 14.6. The SMILES string of the molecule is Cc1cscc1C(=O)N[C@@H](C(=O)O)c1ccccc1Cl. The van der Waals surface area contributed by atoms with Crippen LogP contribution >= 0.6 is 22.9 Å². The van der Waals surface area contributed by atoms with Gasteiger partial charge in [0.15, 0.2) is 6.04 Å². The minimum atomic E-state index is -1.17. The maximum absolute atomic E-state index is 12.1. The average molecular weight is 310 g/mol. The van der Waals surface area contributed by atoms with Crippen LogP contribution in [-0.2, 0) is 4.79 Å². The van der Waals surface area contributed by atoms with Gasteiger partial charge in [-0.25, -0.2) is 4.79 Å². The number of hydrogen-bond acceptors (Lipinski definition) is 3. The molecule has 2 rings (SSSR count). The summed E-state index contributed by atoms with van der Waals surface area (Å²) in [4.78, 5) is 23.5. The molecule has 1 atom stereocenters. The monoisotopic (exact) mass is 309 g/mol. The molecule has 0 saturated carbocycles. The smallest absolute Gasteiger partial charge is 0.330 e. The zero-order valence-corrected chi connectivity index (χ0v) is 12.2. The normalized spacial score (nSPS) is 11.9. The van der Waals surface area contributed by atoms with Crippen LogP contribution < -0.4 is 5.32 Å². The second kappa shape index (κ2) is 6.07. The van der Waals surface area contributed by atoms with Crippen molar-refractivity contribution in [3.63, 3.8) is 0 Å². The number of halogens is 1. The van der Waals surface area contributed by atoms with Crippen molar-refractivity contribution >= 4 is 34.8 Å². The van der Waals surface area contributed by atoms with E-state index in [2.05, 4.69) is 5.32 Å². The molecule has 1 aromatic carbocycles. The molecule has 1 amide bonds. The van der Waals surface area contributed by atoms with Crippen molar-refractivity contribution < 1.29 is 14.7 Å². The summed E-state index contributed by atoms with van der Waals surface area (Å²) in [7, 11) is 0. The summed E-state index contributed by atoms with van der Waals surface area (Å²) in [5.41, 5.74) is 1.66. The number of thiophene rings is 1. The van der Waals surface area contributed by atoms with Gasteiger partial charge in [-0.1, -0.05) is 29.8 Å². The molecule has 0 bridgehead atoms. The highest BCUT2D eigenvalue weighted by atomic mass is 35.5. The molecule has 1 aromatic heterocycles. The fourth-order valence-electron chi connectivity index (χ4n) is 1.78. The Labute approximate surface area is 125 Å². The van der Waals surface area contributed by atoms with Gasteiger partial charge >= 0.3 is 5.97 Å². The third-order valence-corrected chi connectivity index (χ3v) is 4.04. The van der Waals surface area contributed by atoms with Crippen LogP contribution in [0.1, 0.15) is 27.5 Å². The van der Waals surface area contributed by atoms with Crippen LogP contribution in [0.4, 0.5) is 0 Å². The maximum Gasteiger partial charge on any atom is 0.330 e. The van der Waals surface area contributed by atoms with E-state index in [0.29, 0.717) is 16.1 Å². The quantitative estimate of drug-likeness (QED) is 0.911. The van der Waals surface area contributed by atoms with E-state index in [0.717, 1.165) is 5.56 Å². The number of rotatable bonds is 4. The lowest BCUT2D eigenvalue weighted by Crippen LogP contribution is -2.34. The number of aryl methyl sites for hydroxylation is 1. The Morgan fingerprint density at radius 3 is 2.55 bits per heavy atom. The number of carboxylic acid groups (broad SMARTS) is 1. The number of carbonyl (C=O) groups is 2. The van der Waals surface area contributed by atoms with Crippen LogP contribution in [0.3, 0.4) is 0 Å². The predicted octanol–water partition coefficient (Wildman–Crippen LogP) is 3.27.